The summed E-state index contributed by atoms with van der Waals surface area (Å²) in [5, 5.41) is 5.91. The van der Waals surface area contributed by atoms with Crippen LogP contribution in [-0.2, 0) is 13.0 Å². The summed E-state index contributed by atoms with van der Waals surface area (Å²) in [6, 6.07) is 5.16. The van der Waals surface area contributed by atoms with Crippen LogP contribution >= 0.6 is 11.6 Å². The highest BCUT2D eigenvalue weighted by molar-refractivity contribution is 6.31. The topological polar surface area (TPSA) is 73.4 Å². The molecular formula is C19H19ClN4O3. The molecule has 0 N–H and O–H groups in total. The Balaban J connectivity index is 1.38. The van der Waals surface area contributed by atoms with Crippen molar-refractivity contribution in [2.24, 2.45) is 0 Å². The fourth-order valence-electron chi connectivity index (χ4n) is 3.54. The third-order valence-corrected chi connectivity index (χ3v) is 5.38. The smallest absolute Gasteiger partial charge is 0.289 e. The summed E-state index contributed by atoms with van der Waals surface area (Å²) in [4.78, 5) is 19.4. The van der Waals surface area contributed by atoms with Gasteiger partial charge in [-0.2, -0.15) is 5.10 Å². The maximum absolute atomic E-state index is 13.0. The normalized spacial score (nSPS) is 17.0. The van der Waals surface area contributed by atoms with Crippen LogP contribution in [0.25, 0.3) is 11.0 Å². The fraction of sp³-hybridized carbons (Fsp3) is 0.421. The zero-order chi connectivity index (χ0) is 18.5. The van der Waals surface area contributed by atoms with Crippen LogP contribution in [0.15, 0.2) is 22.6 Å². The van der Waals surface area contributed by atoms with E-state index in [4.69, 9.17) is 20.8 Å². The Morgan fingerprint density at radius 3 is 2.89 bits per heavy atom. The number of methoxy groups -OCH3 is 1. The van der Waals surface area contributed by atoms with E-state index in [1.165, 1.54) is 12.8 Å². The van der Waals surface area contributed by atoms with Gasteiger partial charge in [0.05, 0.1) is 13.7 Å². The average Bonchev–Trinajstić information content (AvgIpc) is 3.35. The molecule has 1 saturated carbocycles. The molecule has 2 aliphatic rings. The minimum Gasteiger partial charge on any atom is -0.493 e. The van der Waals surface area contributed by atoms with Crippen LogP contribution in [0.3, 0.4) is 0 Å². The van der Waals surface area contributed by atoms with Gasteiger partial charge >= 0.3 is 0 Å². The molecule has 0 radical (unpaired) electrons. The number of ether oxygens (including phenoxy) is 1. The van der Waals surface area contributed by atoms with Gasteiger partial charge in [-0.05, 0) is 25.0 Å². The molecule has 3 aromatic rings. The summed E-state index contributed by atoms with van der Waals surface area (Å²) >= 11 is 6.11. The van der Waals surface area contributed by atoms with E-state index in [0.29, 0.717) is 48.3 Å². The van der Waals surface area contributed by atoms with Crippen molar-refractivity contribution in [2.75, 3.05) is 20.2 Å². The highest BCUT2D eigenvalue weighted by Gasteiger charge is 2.30. The molecule has 1 aliphatic heterocycles. The zero-order valence-corrected chi connectivity index (χ0v) is 15.7. The van der Waals surface area contributed by atoms with E-state index in [2.05, 4.69) is 10.1 Å². The van der Waals surface area contributed by atoms with Gasteiger partial charge in [-0.3, -0.25) is 4.79 Å². The van der Waals surface area contributed by atoms with Crippen molar-refractivity contribution in [1.29, 1.82) is 0 Å². The maximum atomic E-state index is 13.0. The lowest BCUT2D eigenvalue weighted by atomic mass is 10.2. The Morgan fingerprint density at radius 2 is 2.11 bits per heavy atom. The number of rotatable bonds is 3. The Morgan fingerprint density at radius 1 is 1.26 bits per heavy atom. The summed E-state index contributed by atoms with van der Waals surface area (Å²) in [7, 11) is 1.55. The standard InChI is InChI=1S/C19H19ClN4O3/c1-26-14-10-13(20)8-12-9-15(27-17(12)14)19(25)23-5-4-16-21-18(11-2-3-11)22-24(16)7-6-23/h8-11H,2-7H2,1H3. The van der Waals surface area contributed by atoms with Gasteiger partial charge in [-0.25, -0.2) is 9.67 Å². The van der Waals surface area contributed by atoms with Crippen molar-refractivity contribution in [3.8, 4) is 5.75 Å². The van der Waals surface area contributed by atoms with Crippen molar-refractivity contribution >= 4 is 28.5 Å². The van der Waals surface area contributed by atoms with Gasteiger partial charge in [-0.15, -0.1) is 0 Å². The van der Waals surface area contributed by atoms with Gasteiger partial charge in [0.2, 0.25) is 0 Å². The Labute approximate surface area is 160 Å². The second-order valence-corrected chi connectivity index (χ2v) is 7.50. The molecule has 2 aromatic heterocycles. The number of carbonyl (C=O) groups excluding carboxylic acids is 1. The molecule has 140 valence electrons. The van der Waals surface area contributed by atoms with Crippen LogP contribution < -0.4 is 4.74 Å². The van der Waals surface area contributed by atoms with E-state index in [1.54, 1.807) is 30.2 Å². The van der Waals surface area contributed by atoms with Gasteiger partial charge in [0.15, 0.2) is 22.9 Å². The summed E-state index contributed by atoms with van der Waals surface area (Å²) in [5.41, 5.74) is 0.531. The number of nitrogens with zero attached hydrogens (tertiary/aromatic N) is 4. The Kier molecular flexibility index (Phi) is 3.86. The molecule has 0 unspecified atom stereocenters. The number of amides is 1. The first-order valence-corrected chi connectivity index (χ1v) is 9.50. The first-order chi connectivity index (χ1) is 13.1. The van der Waals surface area contributed by atoms with Crippen LogP contribution in [0.1, 0.15) is 41.0 Å². The largest absolute Gasteiger partial charge is 0.493 e. The van der Waals surface area contributed by atoms with E-state index >= 15 is 0 Å². The molecule has 8 heteroatoms. The summed E-state index contributed by atoms with van der Waals surface area (Å²) < 4.78 is 13.1. The van der Waals surface area contributed by atoms with Crippen molar-refractivity contribution in [3.05, 3.63) is 40.6 Å². The highest BCUT2D eigenvalue weighted by Crippen LogP contribution is 2.38. The molecule has 0 atom stereocenters. The molecule has 3 heterocycles. The number of hydrogen-bond acceptors (Lipinski definition) is 5. The molecule has 1 amide bonds. The number of fused-ring (bicyclic) bond motifs is 2. The van der Waals surface area contributed by atoms with Crippen molar-refractivity contribution in [2.45, 2.75) is 31.7 Å². The lowest BCUT2D eigenvalue weighted by Crippen LogP contribution is -2.33. The quantitative estimate of drug-likeness (QED) is 0.690. The Bertz CT molecular complexity index is 1010. The summed E-state index contributed by atoms with van der Waals surface area (Å²) in [5.74, 6) is 3.13. The second kappa shape index (κ2) is 6.27. The number of aromatic nitrogens is 3. The number of hydrogen-bond donors (Lipinski definition) is 0. The van der Waals surface area contributed by atoms with Crippen LogP contribution in [-0.4, -0.2) is 45.8 Å². The predicted octanol–water partition coefficient (Wildman–Crippen LogP) is 3.26. The lowest BCUT2D eigenvalue weighted by Gasteiger charge is -2.18. The van der Waals surface area contributed by atoms with Crippen molar-refractivity contribution in [1.82, 2.24) is 19.7 Å². The highest BCUT2D eigenvalue weighted by atomic mass is 35.5. The van der Waals surface area contributed by atoms with Gasteiger partial charge < -0.3 is 14.1 Å². The molecule has 1 fully saturated rings. The van der Waals surface area contributed by atoms with Gasteiger partial charge in [0.1, 0.15) is 5.82 Å². The van der Waals surface area contributed by atoms with E-state index in [0.717, 1.165) is 17.0 Å². The minimum absolute atomic E-state index is 0.141. The van der Waals surface area contributed by atoms with Crippen LogP contribution in [0.4, 0.5) is 0 Å². The predicted molar refractivity (Wildman–Crippen MR) is 99.4 cm³/mol. The zero-order valence-electron chi connectivity index (χ0n) is 14.9. The van der Waals surface area contributed by atoms with Crippen molar-refractivity contribution in [3.63, 3.8) is 0 Å². The molecule has 0 bridgehead atoms. The number of furan rings is 1. The van der Waals surface area contributed by atoms with E-state index in [-0.39, 0.29) is 11.7 Å². The van der Waals surface area contributed by atoms with Gasteiger partial charge in [0, 0.05) is 41.9 Å². The van der Waals surface area contributed by atoms with E-state index in [9.17, 15) is 4.79 Å². The van der Waals surface area contributed by atoms with E-state index < -0.39 is 0 Å². The summed E-state index contributed by atoms with van der Waals surface area (Å²) in [6.07, 6.45) is 3.07. The van der Waals surface area contributed by atoms with E-state index in [1.807, 2.05) is 4.68 Å². The maximum Gasteiger partial charge on any atom is 0.289 e. The molecule has 27 heavy (non-hydrogen) atoms. The van der Waals surface area contributed by atoms with Crippen LogP contribution in [0.2, 0.25) is 5.02 Å². The Hall–Kier alpha value is -2.54. The minimum atomic E-state index is -0.141. The SMILES string of the molecule is COc1cc(Cl)cc2cc(C(=O)N3CCc4nc(C5CC5)nn4CC3)oc12. The molecule has 5 rings (SSSR count). The fourth-order valence-corrected chi connectivity index (χ4v) is 3.75. The van der Waals surface area contributed by atoms with Crippen LogP contribution in [0, 0.1) is 0 Å². The first-order valence-electron chi connectivity index (χ1n) is 9.12. The molecular weight excluding hydrogens is 368 g/mol. The first kappa shape index (κ1) is 16.6. The molecule has 0 saturated heterocycles. The molecule has 7 nitrogen and oxygen atoms in total. The molecule has 0 spiro atoms. The van der Waals surface area contributed by atoms with Crippen molar-refractivity contribution < 1.29 is 13.9 Å². The lowest BCUT2D eigenvalue weighted by molar-refractivity contribution is 0.0728. The van der Waals surface area contributed by atoms with Gasteiger partial charge in [0.25, 0.3) is 5.91 Å². The number of halogens is 1. The molecule has 1 aliphatic carbocycles. The number of benzene rings is 1. The van der Waals surface area contributed by atoms with Gasteiger partial charge in [-0.1, -0.05) is 11.6 Å². The third kappa shape index (κ3) is 2.96. The second-order valence-electron chi connectivity index (χ2n) is 7.06. The van der Waals surface area contributed by atoms with Crippen LogP contribution in [0.5, 0.6) is 5.75 Å². The molecule has 1 aromatic carbocycles. The average molecular weight is 387 g/mol. The summed E-state index contributed by atoms with van der Waals surface area (Å²) in [6.45, 7) is 1.82. The third-order valence-electron chi connectivity index (χ3n) is 5.16. The number of carbonyl (C=O) groups is 1. The monoisotopic (exact) mass is 386 g/mol.